The van der Waals surface area contributed by atoms with E-state index in [1.54, 1.807) is 0 Å². The van der Waals surface area contributed by atoms with Crippen LogP contribution in [0.2, 0.25) is 0 Å². The molecule has 5 nitrogen and oxygen atoms in total. The molecule has 0 spiro atoms. The van der Waals surface area contributed by atoms with Gasteiger partial charge in [-0.2, -0.15) is 0 Å². The summed E-state index contributed by atoms with van der Waals surface area (Å²) in [7, 11) is 0. The molecule has 3 N–H and O–H groups in total. The first-order chi connectivity index (χ1) is 8.88. The van der Waals surface area contributed by atoms with Crippen molar-refractivity contribution in [3.63, 3.8) is 0 Å². The van der Waals surface area contributed by atoms with Crippen molar-refractivity contribution in [1.29, 1.82) is 0 Å². The fourth-order valence-corrected chi connectivity index (χ4v) is 4.02. The molecular formula is C12H21N5S. The van der Waals surface area contributed by atoms with Crippen molar-refractivity contribution < 1.29 is 0 Å². The van der Waals surface area contributed by atoms with Crippen molar-refractivity contribution in [3.05, 3.63) is 5.69 Å². The molecule has 1 unspecified atom stereocenters. The Morgan fingerprint density at radius 2 is 2.11 bits per heavy atom. The van der Waals surface area contributed by atoms with Gasteiger partial charge in [0, 0.05) is 24.1 Å². The molecule has 6 heteroatoms. The first-order valence-electron chi connectivity index (χ1n) is 6.90. The standard InChI is InChI=1S/C12H21N5S/c13-14-12-10(15-16-18-12)8-17-7-3-6-11(17)9-4-1-2-5-9/h9,11,14H,1-8,13H2. The SMILES string of the molecule is NNc1snnc1CN1CCCC1C1CCCC1. The average Bonchev–Trinajstić information content (AvgIpc) is 3.09. The predicted molar refractivity (Wildman–Crippen MR) is 73.1 cm³/mol. The van der Waals surface area contributed by atoms with Gasteiger partial charge < -0.3 is 5.43 Å². The van der Waals surface area contributed by atoms with Crippen LogP contribution in [-0.2, 0) is 6.54 Å². The van der Waals surface area contributed by atoms with E-state index in [1.807, 2.05) is 0 Å². The Kier molecular flexibility index (Phi) is 3.77. The second-order valence-electron chi connectivity index (χ2n) is 5.42. The van der Waals surface area contributed by atoms with Gasteiger partial charge in [0.1, 0.15) is 10.7 Å². The fourth-order valence-electron chi connectivity index (χ4n) is 3.54. The van der Waals surface area contributed by atoms with Crippen LogP contribution in [0.1, 0.15) is 44.2 Å². The largest absolute Gasteiger partial charge is 0.313 e. The highest BCUT2D eigenvalue weighted by Gasteiger charge is 2.33. The van der Waals surface area contributed by atoms with Gasteiger partial charge in [0.2, 0.25) is 0 Å². The average molecular weight is 267 g/mol. The summed E-state index contributed by atoms with van der Waals surface area (Å²) in [5.74, 6) is 6.40. The van der Waals surface area contributed by atoms with Crippen LogP contribution in [0, 0.1) is 5.92 Å². The summed E-state index contributed by atoms with van der Waals surface area (Å²) in [6.45, 7) is 2.10. The summed E-state index contributed by atoms with van der Waals surface area (Å²) in [6, 6.07) is 0.764. The third-order valence-corrected chi connectivity index (χ3v) is 5.10. The molecular weight excluding hydrogens is 246 g/mol. The van der Waals surface area contributed by atoms with E-state index in [2.05, 4.69) is 19.9 Å². The van der Waals surface area contributed by atoms with Crippen LogP contribution in [0.25, 0.3) is 0 Å². The van der Waals surface area contributed by atoms with Crippen LogP contribution in [0.3, 0.4) is 0 Å². The van der Waals surface area contributed by atoms with Crippen LogP contribution in [-0.4, -0.2) is 27.1 Å². The first kappa shape index (κ1) is 12.3. The number of anilines is 1. The predicted octanol–water partition coefficient (Wildman–Crippen LogP) is 1.98. The van der Waals surface area contributed by atoms with Gasteiger partial charge in [-0.25, -0.2) is 5.84 Å². The molecule has 1 aliphatic heterocycles. The Hall–Kier alpha value is -0.720. The zero-order valence-corrected chi connectivity index (χ0v) is 11.5. The van der Waals surface area contributed by atoms with Gasteiger partial charge in [0.05, 0.1) is 0 Å². The van der Waals surface area contributed by atoms with Crippen LogP contribution in [0.15, 0.2) is 0 Å². The molecule has 100 valence electrons. The maximum absolute atomic E-state index is 5.49. The van der Waals surface area contributed by atoms with E-state index >= 15 is 0 Å². The monoisotopic (exact) mass is 267 g/mol. The number of nitrogens with two attached hydrogens (primary N) is 1. The van der Waals surface area contributed by atoms with Gasteiger partial charge in [0.25, 0.3) is 0 Å². The molecule has 2 fully saturated rings. The van der Waals surface area contributed by atoms with E-state index in [-0.39, 0.29) is 0 Å². The molecule has 3 rings (SSSR count). The number of likely N-dealkylation sites (tertiary alicyclic amines) is 1. The number of aromatic nitrogens is 2. The molecule has 1 atom stereocenters. The third-order valence-electron chi connectivity index (χ3n) is 4.40. The molecule has 1 saturated heterocycles. The molecule has 1 saturated carbocycles. The quantitative estimate of drug-likeness (QED) is 0.645. The zero-order valence-electron chi connectivity index (χ0n) is 10.6. The highest BCUT2D eigenvalue weighted by atomic mass is 32.1. The second kappa shape index (κ2) is 5.50. The molecule has 0 bridgehead atoms. The summed E-state index contributed by atoms with van der Waals surface area (Å²) < 4.78 is 3.98. The van der Waals surface area contributed by atoms with Crippen molar-refractivity contribution in [2.24, 2.45) is 11.8 Å². The van der Waals surface area contributed by atoms with Gasteiger partial charge >= 0.3 is 0 Å². The lowest BCUT2D eigenvalue weighted by Gasteiger charge is -2.28. The molecule has 0 radical (unpaired) electrons. The van der Waals surface area contributed by atoms with Crippen molar-refractivity contribution in [1.82, 2.24) is 14.5 Å². The minimum absolute atomic E-state index is 0.764. The molecule has 1 aliphatic carbocycles. The number of hydrazine groups is 1. The van der Waals surface area contributed by atoms with Gasteiger partial charge in [0.15, 0.2) is 0 Å². The Balaban J connectivity index is 1.67. The number of hydrogen-bond donors (Lipinski definition) is 2. The van der Waals surface area contributed by atoms with Crippen LogP contribution in [0.5, 0.6) is 0 Å². The lowest BCUT2D eigenvalue weighted by Crippen LogP contribution is -2.34. The zero-order chi connectivity index (χ0) is 12.4. The Morgan fingerprint density at radius 1 is 1.28 bits per heavy atom. The van der Waals surface area contributed by atoms with E-state index in [4.69, 9.17) is 5.84 Å². The minimum atomic E-state index is 0.764. The highest BCUT2D eigenvalue weighted by Crippen LogP contribution is 2.36. The van der Waals surface area contributed by atoms with E-state index in [0.29, 0.717) is 0 Å². The summed E-state index contributed by atoms with van der Waals surface area (Å²) >= 11 is 1.34. The first-order valence-corrected chi connectivity index (χ1v) is 7.67. The number of hydrogen-bond acceptors (Lipinski definition) is 6. The van der Waals surface area contributed by atoms with Crippen LogP contribution >= 0.6 is 11.5 Å². The molecule has 2 heterocycles. The molecule has 18 heavy (non-hydrogen) atoms. The van der Waals surface area contributed by atoms with Gasteiger partial charge in [-0.15, -0.1) is 5.10 Å². The fraction of sp³-hybridized carbons (Fsp3) is 0.833. The van der Waals surface area contributed by atoms with Crippen molar-refractivity contribution >= 4 is 16.5 Å². The van der Waals surface area contributed by atoms with Crippen LogP contribution in [0.4, 0.5) is 5.00 Å². The molecule has 1 aromatic rings. The van der Waals surface area contributed by atoms with E-state index in [9.17, 15) is 0 Å². The van der Waals surface area contributed by atoms with Crippen molar-refractivity contribution in [3.8, 4) is 0 Å². The second-order valence-corrected chi connectivity index (χ2v) is 6.17. The molecule has 1 aromatic heterocycles. The number of nitrogens with one attached hydrogen (secondary N) is 1. The van der Waals surface area contributed by atoms with Gasteiger partial charge in [-0.3, -0.25) is 4.90 Å². The van der Waals surface area contributed by atoms with E-state index < -0.39 is 0 Å². The lowest BCUT2D eigenvalue weighted by molar-refractivity contribution is 0.181. The summed E-state index contributed by atoms with van der Waals surface area (Å²) in [5, 5.41) is 5.11. The number of nitrogens with zero attached hydrogens (tertiary/aromatic N) is 3. The summed E-state index contributed by atoms with van der Waals surface area (Å²) in [4.78, 5) is 2.59. The summed E-state index contributed by atoms with van der Waals surface area (Å²) in [6.07, 6.45) is 8.35. The van der Waals surface area contributed by atoms with Gasteiger partial charge in [-0.05, 0) is 38.1 Å². The minimum Gasteiger partial charge on any atom is -0.313 e. The van der Waals surface area contributed by atoms with E-state index in [1.165, 1.54) is 56.6 Å². The molecule has 2 aliphatic rings. The van der Waals surface area contributed by atoms with Crippen molar-refractivity contribution in [2.45, 2.75) is 51.1 Å². The Labute approximate surface area is 112 Å². The summed E-state index contributed by atoms with van der Waals surface area (Å²) in [5.41, 5.74) is 3.71. The van der Waals surface area contributed by atoms with Crippen molar-refractivity contribution in [2.75, 3.05) is 12.0 Å². The van der Waals surface area contributed by atoms with Gasteiger partial charge in [-0.1, -0.05) is 17.3 Å². The molecule has 0 amide bonds. The smallest absolute Gasteiger partial charge is 0.148 e. The normalized spacial score (nSPS) is 25.9. The molecule has 0 aromatic carbocycles. The third kappa shape index (κ3) is 2.37. The number of rotatable bonds is 4. The van der Waals surface area contributed by atoms with E-state index in [0.717, 1.165) is 29.2 Å². The maximum Gasteiger partial charge on any atom is 0.148 e. The lowest BCUT2D eigenvalue weighted by atomic mass is 9.96. The topological polar surface area (TPSA) is 67.1 Å². The maximum atomic E-state index is 5.49. The Bertz CT molecular complexity index is 388. The highest BCUT2D eigenvalue weighted by molar-refractivity contribution is 7.10. The number of nitrogen functional groups attached to an aromatic ring is 1. The Morgan fingerprint density at radius 3 is 2.89 bits per heavy atom. The van der Waals surface area contributed by atoms with Crippen LogP contribution < -0.4 is 11.3 Å².